The zero-order valence-electron chi connectivity index (χ0n) is 9.95. The number of hydrogen-bond acceptors (Lipinski definition) is 2. The number of amides is 2. The zero-order chi connectivity index (χ0) is 11.5. The molecule has 0 aromatic carbocycles. The molecule has 1 aliphatic heterocycles. The molecule has 90 valence electrons. The third-order valence-corrected chi connectivity index (χ3v) is 3.66. The first kappa shape index (κ1) is 11.4. The smallest absolute Gasteiger partial charge is 0.242 e. The predicted molar refractivity (Wildman–Crippen MR) is 60.8 cm³/mol. The normalized spacial score (nSPS) is 20.7. The molecular formula is C12H20N2O2. The van der Waals surface area contributed by atoms with Crippen molar-refractivity contribution in [2.75, 3.05) is 26.7 Å². The quantitative estimate of drug-likeness (QED) is 0.713. The lowest BCUT2D eigenvalue weighted by atomic mass is 9.84. The Morgan fingerprint density at radius 2 is 1.81 bits per heavy atom. The third-order valence-electron chi connectivity index (χ3n) is 3.66. The van der Waals surface area contributed by atoms with Crippen LogP contribution in [0.3, 0.4) is 0 Å². The van der Waals surface area contributed by atoms with E-state index in [0.29, 0.717) is 0 Å². The molecule has 0 aromatic rings. The fraction of sp³-hybridized carbons (Fsp3) is 0.833. The molecule has 4 nitrogen and oxygen atoms in total. The van der Waals surface area contributed by atoms with E-state index >= 15 is 0 Å². The van der Waals surface area contributed by atoms with Crippen molar-refractivity contribution in [2.24, 2.45) is 5.92 Å². The average Bonchev–Trinajstić information content (AvgIpc) is 2.67. The van der Waals surface area contributed by atoms with Crippen LogP contribution in [0.25, 0.3) is 0 Å². The van der Waals surface area contributed by atoms with Crippen molar-refractivity contribution in [2.45, 2.75) is 32.1 Å². The first-order valence-corrected chi connectivity index (χ1v) is 6.21. The number of carbonyl (C=O) groups is 2. The summed E-state index contributed by atoms with van der Waals surface area (Å²) in [6.45, 7) is 1.99. The molecule has 0 unspecified atom stereocenters. The van der Waals surface area contributed by atoms with Gasteiger partial charge in [0.1, 0.15) is 0 Å². The van der Waals surface area contributed by atoms with Crippen LogP contribution in [-0.2, 0) is 9.59 Å². The molecule has 1 saturated heterocycles. The predicted octanol–water partition coefficient (Wildman–Crippen LogP) is 0.867. The zero-order valence-corrected chi connectivity index (χ0v) is 9.95. The Labute approximate surface area is 96.6 Å². The Balaban J connectivity index is 1.78. The topological polar surface area (TPSA) is 40.6 Å². The summed E-state index contributed by atoms with van der Waals surface area (Å²) in [4.78, 5) is 27.1. The van der Waals surface area contributed by atoms with Gasteiger partial charge in [0.05, 0.1) is 6.54 Å². The van der Waals surface area contributed by atoms with Crippen LogP contribution < -0.4 is 0 Å². The maximum absolute atomic E-state index is 11.8. The molecule has 4 heteroatoms. The monoisotopic (exact) mass is 224 g/mol. The fourth-order valence-electron chi connectivity index (χ4n) is 2.31. The first-order chi connectivity index (χ1) is 7.68. The molecule has 1 saturated carbocycles. The van der Waals surface area contributed by atoms with E-state index < -0.39 is 0 Å². The van der Waals surface area contributed by atoms with E-state index in [4.69, 9.17) is 0 Å². The van der Waals surface area contributed by atoms with Gasteiger partial charge in [-0.2, -0.15) is 0 Å². The minimum absolute atomic E-state index is 0.104. The van der Waals surface area contributed by atoms with Gasteiger partial charge in [-0.1, -0.05) is 6.42 Å². The van der Waals surface area contributed by atoms with Crippen LogP contribution in [0.1, 0.15) is 32.1 Å². The minimum atomic E-state index is 0.104. The molecule has 2 amide bonds. The molecule has 0 aromatic heterocycles. The maximum Gasteiger partial charge on any atom is 0.242 e. The maximum atomic E-state index is 11.8. The van der Waals surface area contributed by atoms with E-state index in [1.165, 1.54) is 0 Å². The fourth-order valence-corrected chi connectivity index (χ4v) is 2.31. The standard InChI is InChI=1S/C12H20N2O2/c1-13(12(16)10-5-4-6-10)9-11(15)14-7-2-3-8-14/h10H,2-9H2,1H3. The van der Waals surface area contributed by atoms with E-state index in [1.807, 2.05) is 4.90 Å². The lowest BCUT2D eigenvalue weighted by Crippen LogP contribution is -2.43. The van der Waals surface area contributed by atoms with Crippen LogP contribution in [0.2, 0.25) is 0 Å². The Kier molecular flexibility index (Phi) is 3.46. The largest absolute Gasteiger partial charge is 0.341 e. The second-order valence-corrected chi connectivity index (χ2v) is 4.91. The van der Waals surface area contributed by atoms with Gasteiger partial charge in [0.2, 0.25) is 11.8 Å². The van der Waals surface area contributed by atoms with Gasteiger partial charge in [0, 0.05) is 26.1 Å². The first-order valence-electron chi connectivity index (χ1n) is 6.21. The van der Waals surface area contributed by atoms with E-state index in [0.717, 1.165) is 45.2 Å². The van der Waals surface area contributed by atoms with Crippen LogP contribution in [-0.4, -0.2) is 48.3 Å². The van der Waals surface area contributed by atoms with Crippen molar-refractivity contribution in [3.8, 4) is 0 Å². The molecular weight excluding hydrogens is 204 g/mol. The summed E-state index contributed by atoms with van der Waals surface area (Å²) < 4.78 is 0. The lowest BCUT2D eigenvalue weighted by Gasteiger charge is -2.29. The molecule has 0 N–H and O–H groups in total. The van der Waals surface area contributed by atoms with Crippen molar-refractivity contribution in [1.82, 2.24) is 9.80 Å². The van der Waals surface area contributed by atoms with E-state index in [2.05, 4.69) is 0 Å². The molecule has 16 heavy (non-hydrogen) atoms. The number of likely N-dealkylation sites (tertiary alicyclic amines) is 1. The summed E-state index contributed by atoms with van der Waals surface area (Å²) in [5, 5.41) is 0. The Bertz CT molecular complexity index is 281. The molecule has 0 spiro atoms. The summed E-state index contributed by atoms with van der Waals surface area (Å²) in [6, 6.07) is 0. The van der Waals surface area contributed by atoms with Crippen molar-refractivity contribution in [3.63, 3.8) is 0 Å². The van der Waals surface area contributed by atoms with E-state index in [1.54, 1.807) is 11.9 Å². The second-order valence-electron chi connectivity index (χ2n) is 4.91. The summed E-state index contributed by atoms with van der Waals surface area (Å²) in [5.74, 6) is 0.447. The summed E-state index contributed by atoms with van der Waals surface area (Å²) in [5.41, 5.74) is 0. The number of likely N-dealkylation sites (N-methyl/N-ethyl adjacent to an activating group) is 1. The Morgan fingerprint density at radius 1 is 1.19 bits per heavy atom. The number of carbonyl (C=O) groups excluding carboxylic acids is 2. The van der Waals surface area contributed by atoms with Gasteiger partial charge in [-0.15, -0.1) is 0 Å². The number of hydrogen-bond donors (Lipinski definition) is 0. The second kappa shape index (κ2) is 4.85. The Hall–Kier alpha value is -1.06. The van der Waals surface area contributed by atoms with Crippen molar-refractivity contribution < 1.29 is 9.59 Å². The van der Waals surface area contributed by atoms with Gasteiger partial charge in [-0.3, -0.25) is 9.59 Å². The SMILES string of the molecule is CN(CC(=O)N1CCCC1)C(=O)C1CCC1. The van der Waals surface area contributed by atoms with Gasteiger partial charge < -0.3 is 9.80 Å². The highest BCUT2D eigenvalue weighted by atomic mass is 16.2. The highest BCUT2D eigenvalue weighted by Crippen LogP contribution is 2.27. The van der Waals surface area contributed by atoms with Gasteiger partial charge in [-0.05, 0) is 25.7 Å². The Morgan fingerprint density at radius 3 is 2.31 bits per heavy atom. The van der Waals surface area contributed by atoms with Crippen LogP contribution >= 0.6 is 0 Å². The van der Waals surface area contributed by atoms with Crippen LogP contribution in [0.5, 0.6) is 0 Å². The van der Waals surface area contributed by atoms with Gasteiger partial charge in [0.25, 0.3) is 0 Å². The summed E-state index contributed by atoms with van der Waals surface area (Å²) >= 11 is 0. The molecule has 1 heterocycles. The van der Waals surface area contributed by atoms with Crippen LogP contribution in [0, 0.1) is 5.92 Å². The third kappa shape index (κ3) is 2.36. The molecule has 2 fully saturated rings. The van der Waals surface area contributed by atoms with Crippen LogP contribution in [0.4, 0.5) is 0 Å². The summed E-state index contributed by atoms with van der Waals surface area (Å²) in [6.07, 6.45) is 5.37. The highest BCUT2D eigenvalue weighted by Gasteiger charge is 2.29. The molecule has 0 radical (unpaired) electrons. The lowest BCUT2D eigenvalue weighted by molar-refractivity contribution is -0.142. The van der Waals surface area contributed by atoms with E-state index in [-0.39, 0.29) is 24.3 Å². The van der Waals surface area contributed by atoms with Crippen molar-refractivity contribution in [1.29, 1.82) is 0 Å². The van der Waals surface area contributed by atoms with Crippen molar-refractivity contribution >= 4 is 11.8 Å². The highest BCUT2D eigenvalue weighted by molar-refractivity contribution is 5.86. The summed E-state index contributed by atoms with van der Waals surface area (Å²) in [7, 11) is 1.74. The van der Waals surface area contributed by atoms with Gasteiger partial charge in [0.15, 0.2) is 0 Å². The molecule has 0 bridgehead atoms. The number of rotatable bonds is 3. The number of nitrogens with zero attached hydrogens (tertiary/aromatic N) is 2. The molecule has 1 aliphatic carbocycles. The van der Waals surface area contributed by atoms with Crippen LogP contribution in [0.15, 0.2) is 0 Å². The van der Waals surface area contributed by atoms with Gasteiger partial charge in [-0.25, -0.2) is 0 Å². The van der Waals surface area contributed by atoms with E-state index in [9.17, 15) is 9.59 Å². The molecule has 2 aliphatic rings. The minimum Gasteiger partial charge on any atom is -0.341 e. The molecule has 0 atom stereocenters. The van der Waals surface area contributed by atoms with Crippen molar-refractivity contribution in [3.05, 3.63) is 0 Å². The molecule has 2 rings (SSSR count). The average molecular weight is 224 g/mol. The van der Waals surface area contributed by atoms with Gasteiger partial charge >= 0.3 is 0 Å².